The average Bonchev–Trinajstić information content (AvgIpc) is 2.76. The van der Waals surface area contributed by atoms with Gasteiger partial charge in [0.2, 0.25) is 0 Å². The van der Waals surface area contributed by atoms with E-state index in [2.05, 4.69) is 31.2 Å². The maximum atomic E-state index is 4.74. The zero-order valence-corrected chi connectivity index (χ0v) is 13.6. The number of hydrogen-bond donors (Lipinski definition) is 1. The van der Waals surface area contributed by atoms with Gasteiger partial charge >= 0.3 is 0 Å². The molecule has 0 radical (unpaired) electrons. The molecule has 0 aromatic carbocycles. The standard InChI is InChI=1S/C15H29N3S/c1-13-6-8-15(9-7-13)12-19-14(17-15)16-10-4-5-11-18(2)3/h13H,4-12H2,1-3H3,(H,16,17). The number of nitrogens with one attached hydrogen (secondary N) is 1. The Morgan fingerprint density at radius 3 is 2.74 bits per heavy atom. The largest absolute Gasteiger partial charge is 0.359 e. The minimum atomic E-state index is 0.389. The molecule has 0 bridgehead atoms. The Hall–Kier alpha value is -0.220. The number of nitrogens with zero attached hydrogens (tertiary/aromatic N) is 2. The van der Waals surface area contributed by atoms with Crippen LogP contribution in [0.2, 0.25) is 0 Å². The predicted molar refractivity (Wildman–Crippen MR) is 86.0 cm³/mol. The molecule has 3 nitrogen and oxygen atoms in total. The van der Waals surface area contributed by atoms with Crippen molar-refractivity contribution < 1.29 is 0 Å². The Labute approximate surface area is 122 Å². The summed E-state index contributed by atoms with van der Waals surface area (Å²) in [5.41, 5.74) is 0.389. The van der Waals surface area contributed by atoms with Crippen LogP contribution >= 0.6 is 11.8 Å². The van der Waals surface area contributed by atoms with Crippen molar-refractivity contribution in [3.05, 3.63) is 0 Å². The third-order valence-corrected chi connectivity index (χ3v) is 5.56. The summed E-state index contributed by atoms with van der Waals surface area (Å²) in [6, 6.07) is 0. The highest BCUT2D eigenvalue weighted by molar-refractivity contribution is 8.14. The molecule has 1 saturated carbocycles. The van der Waals surface area contributed by atoms with Gasteiger partial charge in [0.05, 0.1) is 0 Å². The quantitative estimate of drug-likeness (QED) is 0.786. The van der Waals surface area contributed by atoms with Crippen LogP contribution in [0.3, 0.4) is 0 Å². The highest BCUT2D eigenvalue weighted by Crippen LogP contribution is 2.38. The van der Waals surface area contributed by atoms with Gasteiger partial charge in [0.25, 0.3) is 0 Å². The van der Waals surface area contributed by atoms with Crippen molar-refractivity contribution in [3.63, 3.8) is 0 Å². The number of unbranched alkanes of at least 4 members (excludes halogenated alkanes) is 1. The Morgan fingerprint density at radius 1 is 1.32 bits per heavy atom. The van der Waals surface area contributed by atoms with E-state index in [0.717, 1.165) is 12.5 Å². The predicted octanol–water partition coefficient (Wildman–Crippen LogP) is 2.97. The number of thioether (sulfide) groups is 1. The first-order valence-corrected chi connectivity index (χ1v) is 8.68. The molecule has 2 rings (SSSR count). The first kappa shape index (κ1) is 15.2. The van der Waals surface area contributed by atoms with Crippen LogP contribution in [0.4, 0.5) is 0 Å². The van der Waals surface area contributed by atoms with Gasteiger partial charge in [-0.2, -0.15) is 0 Å². The maximum Gasteiger partial charge on any atom is 0.157 e. The van der Waals surface area contributed by atoms with Gasteiger partial charge in [-0.3, -0.25) is 4.99 Å². The summed E-state index contributed by atoms with van der Waals surface area (Å²) in [5.74, 6) is 2.15. The first-order valence-electron chi connectivity index (χ1n) is 7.70. The summed E-state index contributed by atoms with van der Waals surface area (Å²) in [6.07, 6.45) is 7.88. The van der Waals surface area contributed by atoms with Gasteiger partial charge in [-0.25, -0.2) is 0 Å². The lowest BCUT2D eigenvalue weighted by molar-refractivity contribution is 0.251. The third kappa shape index (κ3) is 4.67. The molecule has 2 aliphatic rings. The van der Waals surface area contributed by atoms with E-state index in [-0.39, 0.29) is 0 Å². The molecule has 4 heteroatoms. The third-order valence-electron chi connectivity index (χ3n) is 4.36. The highest BCUT2D eigenvalue weighted by Gasteiger charge is 2.39. The zero-order valence-electron chi connectivity index (χ0n) is 12.7. The van der Waals surface area contributed by atoms with Crippen molar-refractivity contribution in [2.24, 2.45) is 10.9 Å². The Morgan fingerprint density at radius 2 is 2.05 bits per heavy atom. The smallest absolute Gasteiger partial charge is 0.157 e. The highest BCUT2D eigenvalue weighted by atomic mass is 32.2. The second kappa shape index (κ2) is 6.98. The van der Waals surface area contributed by atoms with Crippen molar-refractivity contribution in [1.29, 1.82) is 0 Å². The minimum Gasteiger partial charge on any atom is -0.359 e. The van der Waals surface area contributed by atoms with Gasteiger partial charge < -0.3 is 10.2 Å². The molecule has 0 aromatic heterocycles. The summed E-state index contributed by atoms with van der Waals surface area (Å²) < 4.78 is 0. The lowest BCUT2D eigenvalue weighted by Crippen LogP contribution is -2.46. The van der Waals surface area contributed by atoms with Gasteiger partial charge in [0.15, 0.2) is 5.17 Å². The molecule has 1 N–H and O–H groups in total. The van der Waals surface area contributed by atoms with Gasteiger partial charge in [-0.05, 0) is 65.1 Å². The molecule has 1 heterocycles. The van der Waals surface area contributed by atoms with Gasteiger partial charge in [-0.15, -0.1) is 0 Å². The number of rotatable bonds is 5. The molecule has 0 amide bonds. The number of aliphatic imine (C=N–C) groups is 1. The second-order valence-corrected chi connectivity index (χ2v) is 7.54. The van der Waals surface area contributed by atoms with Crippen molar-refractivity contribution in [3.8, 4) is 0 Å². The van der Waals surface area contributed by atoms with E-state index in [4.69, 9.17) is 4.99 Å². The second-order valence-electron chi connectivity index (χ2n) is 6.57. The molecule has 0 unspecified atom stereocenters. The molecule has 110 valence electrons. The monoisotopic (exact) mass is 283 g/mol. The van der Waals surface area contributed by atoms with E-state index in [1.165, 1.54) is 56.0 Å². The van der Waals surface area contributed by atoms with Crippen LogP contribution in [0.1, 0.15) is 45.4 Å². The minimum absolute atomic E-state index is 0.389. The van der Waals surface area contributed by atoms with Crippen LogP contribution in [0, 0.1) is 5.92 Å². The molecular formula is C15H29N3S. The summed E-state index contributed by atoms with van der Waals surface area (Å²) in [6.45, 7) is 4.54. The fourth-order valence-electron chi connectivity index (χ4n) is 2.90. The molecule has 0 aromatic rings. The first-order chi connectivity index (χ1) is 9.10. The molecule has 1 aliphatic heterocycles. The average molecular weight is 283 g/mol. The SMILES string of the molecule is CC1CCC2(CC1)CSC(=NCCCCN(C)C)N2. The van der Waals surface area contributed by atoms with Crippen molar-refractivity contribution in [1.82, 2.24) is 10.2 Å². The Kier molecular flexibility index (Phi) is 5.58. The van der Waals surface area contributed by atoms with Crippen LogP contribution in [-0.2, 0) is 0 Å². The van der Waals surface area contributed by atoms with E-state index in [1.54, 1.807) is 0 Å². The van der Waals surface area contributed by atoms with Gasteiger partial charge in [0, 0.05) is 17.8 Å². The zero-order chi connectivity index (χ0) is 13.7. The Bertz CT molecular complexity index is 307. The summed E-state index contributed by atoms with van der Waals surface area (Å²) in [5, 5.41) is 4.94. The van der Waals surface area contributed by atoms with Crippen LogP contribution in [-0.4, -0.2) is 48.5 Å². The molecule has 1 spiro atoms. The van der Waals surface area contributed by atoms with Crippen LogP contribution in [0.5, 0.6) is 0 Å². The number of hydrogen-bond acceptors (Lipinski definition) is 3. The number of amidine groups is 1. The molecule has 1 saturated heterocycles. The fourth-order valence-corrected chi connectivity index (χ4v) is 4.14. The van der Waals surface area contributed by atoms with Gasteiger partial charge in [0.1, 0.15) is 0 Å². The van der Waals surface area contributed by atoms with Crippen molar-refractivity contribution in [2.45, 2.75) is 51.0 Å². The summed E-state index contributed by atoms with van der Waals surface area (Å²) >= 11 is 1.94. The molecule has 19 heavy (non-hydrogen) atoms. The summed E-state index contributed by atoms with van der Waals surface area (Å²) in [4.78, 5) is 6.98. The lowest BCUT2D eigenvalue weighted by Gasteiger charge is -2.35. The van der Waals surface area contributed by atoms with Crippen molar-refractivity contribution in [2.75, 3.05) is 32.9 Å². The Balaban J connectivity index is 1.69. The molecule has 0 atom stereocenters. The van der Waals surface area contributed by atoms with E-state index in [9.17, 15) is 0 Å². The molecule has 1 aliphatic carbocycles. The van der Waals surface area contributed by atoms with Crippen LogP contribution in [0.25, 0.3) is 0 Å². The molecular weight excluding hydrogens is 254 g/mol. The van der Waals surface area contributed by atoms with Crippen LogP contribution in [0.15, 0.2) is 4.99 Å². The van der Waals surface area contributed by atoms with E-state index < -0.39 is 0 Å². The fraction of sp³-hybridized carbons (Fsp3) is 0.933. The topological polar surface area (TPSA) is 27.6 Å². The van der Waals surface area contributed by atoms with E-state index >= 15 is 0 Å². The van der Waals surface area contributed by atoms with Crippen LogP contribution < -0.4 is 5.32 Å². The lowest BCUT2D eigenvalue weighted by atomic mass is 9.78. The normalized spacial score (nSPS) is 33.3. The van der Waals surface area contributed by atoms with Gasteiger partial charge in [-0.1, -0.05) is 18.7 Å². The summed E-state index contributed by atoms with van der Waals surface area (Å²) in [7, 11) is 4.27. The molecule has 2 fully saturated rings. The maximum absolute atomic E-state index is 4.74. The van der Waals surface area contributed by atoms with Crippen molar-refractivity contribution >= 4 is 16.9 Å². The van der Waals surface area contributed by atoms with E-state index in [1.807, 2.05) is 11.8 Å². The van der Waals surface area contributed by atoms with E-state index in [0.29, 0.717) is 5.54 Å².